The minimum absolute atomic E-state index is 0.0428. The van der Waals surface area contributed by atoms with Crippen LogP contribution in [0.5, 0.6) is 0 Å². The molecule has 1 aromatic heterocycles. The third kappa shape index (κ3) is 4.02. The zero-order chi connectivity index (χ0) is 13.7. The summed E-state index contributed by atoms with van der Waals surface area (Å²) >= 11 is 0. The summed E-state index contributed by atoms with van der Waals surface area (Å²) in [5.41, 5.74) is 5.75. The molecule has 2 atom stereocenters. The van der Waals surface area contributed by atoms with Crippen molar-refractivity contribution in [2.24, 2.45) is 11.7 Å². The van der Waals surface area contributed by atoms with Crippen molar-refractivity contribution >= 4 is 5.91 Å². The second kappa shape index (κ2) is 6.65. The van der Waals surface area contributed by atoms with Gasteiger partial charge >= 0.3 is 0 Å². The summed E-state index contributed by atoms with van der Waals surface area (Å²) in [5, 5.41) is 6.79. The first-order valence-corrected chi connectivity index (χ1v) is 6.97. The predicted molar refractivity (Wildman–Crippen MR) is 70.3 cm³/mol. The zero-order valence-corrected chi connectivity index (χ0v) is 11.4. The van der Waals surface area contributed by atoms with Crippen LogP contribution in [-0.2, 0) is 11.2 Å². The van der Waals surface area contributed by atoms with Crippen LogP contribution in [0, 0.1) is 12.8 Å². The highest BCUT2D eigenvalue weighted by Crippen LogP contribution is 2.23. The summed E-state index contributed by atoms with van der Waals surface area (Å²) in [7, 11) is 0. The van der Waals surface area contributed by atoms with Gasteiger partial charge in [-0.2, -0.15) is 4.98 Å². The highest BCUT2D eigenvalue weighted by Gasteiger charge is 2.25. The number of hydrogen-bond acceptors (Lipinski definition) is 5. The lowest BCUT2D eigenvalue weighted by atomic mass is 9.84. The van der Waals surface area contributed by atoms with Crippen LogP contribution in [-0.4, -0.2) is 28.6 Å². The quantitative estimate of drug-likeness (QED) is 0.827. The average Bonchev–Trinajstić information content (AvgIpc) is 2.83. The molecule has 1 heterocycles. The smallest absolute Gasteiger partial charge is 0.227 e. The lowest BCUT2D eigenvalue weighted by molar-refractivity contribution is -0.122. The molecule has 3 N–H and O–H groups in total. The number of aryl methyl sites for hydroxylation is 2. The van der Waals surface area contributed by atoms with E-state index >= 15 is 0 Å². The van der Waals surface area contributed by atoms with Crippen molar-refractivity contribution in [1.82, 2.24) is 15.5 Å². The number of aromatic nitrogens is 2. The molecule has 1 fully saturated rings. The summed E-state index contributed by atoms with van der Waals surface area (Å²) in [4.78, 5) is 16.0. The van der Waals surface area contributed by atoms with Gasteiger partial charge < -0.3 is 15.6 Å². The highest BCUT2D eigenvalue weighted by atomic mass is 16.5. The molecule has 0 radical (unpaired) electrons. The molecule has 1 amide bonds. The highest BCUT2D eigenvalue weighted by molar-refractivity contribution is 5.76. The number of nitrogens with one attached hydrogen (secondary N) is 1. The molecule has 0 aromatic carbocycles. The summed E-state index contributed by atoms with van der Waals surface area (Å²) in [6.45, 7) is 2.41. The van der Waals surface area contributed by atoms with Gasteiger partial charge in [-0.05, 0) is 32.2 Å². The van der Waals surface area contributed by atoms with E-state index in [1.807, 2.05) is 0 Å². The first-order chi connectivity index (χ1) is 9.19. The molecule has 1 saturated carbocycles. The van der Waals surface area contributed by atoms with E-state index in [4.69, 9.17) is 10.3 Å². The van der Waals surface area contributed by atoms with Crippen molar-refractivity contribution in [3.8, 4) is 0 Å². The van der Waals surface area contributed by atoms with Gasteiger partial charge in [-0.1, -0.05) is 18.0 Å². The molecule has 6 nitrogen and oxygen atoms in total. The Balaban J connectivity index is 1.77. The molecule has 1 aliphatic carbocycles. The van der Waals surface area contributed by atoms with Crippen LogP contribution >= 0.6 is 0 Å². The minimum atomic E-state index is 0.0428. The van der Waals surface area contributed by atoms with Crippen molar-refractivity contribution < 1.29 is 9.32 Å². The first kappa shape index (κ1) is 14.0. The normalized spacial score (nSPS) is 23.3. The van der Waals surface area contributed by atoms with E-state index < -0.39 is 0 Å². The van der Waals surface area contributed by atoms with E-state index in [0.29, 0.717) is 37.0 Å². The molecular formula is C13H22N4O2. The summed E-state index contributed by atoms with van der Waals surface area (Å²) < 4.78 is 4.99. The number of amides is 1. The fourth-order valence-electron chi connectivity index (χ4n) is 2.62. The summed E-state index contributed by atoms with van der Waals surface area (Å²) in [6, 6.07) is 0.232. The molecule has 0 saturated heterocycles. The summed E-state index contributed by atoms with van der Waals surface area (Å²) in [5.74, 6) is 1.59. The topological polar surface area (TPSA) is 94.0 Å². The molecule has 2 unspecified atom stereocenters. The van der Waals surface area contributed by atoms with Gasteiger partial charge in [-0.3, -0.25) is 4.79 Å². The molecule has 6 heteroatoms. The molecule has 1 aliphatic rings. The van der Waals surface area contributed by atoms with Crippen LogP contribution < -0.4 is 11.1 Å². The van der Waals surface area contributed by atoms with Crippen LogP contribution in [0.2, 0.25) is 0 Å². The van der Waals surface area contributed by atoms with E-state index in [-0.39, 0.29) is 11.9 Å². The maximum atomic E-state index is 11.9. The fraction of sp³-hybridized carbons (Fsp3) is 0.769. The number of carbonyl (C=O) groups excluding carboxylic acids is 1. The Hall–Kier alpha value is -1.43. The number of carbonyl (C=O) groups is 1. The Labute approximate surface area is 113 Å². The van der Waals surface area contributed by atoms with Gasteiger partial charge in [0.05, 0.1) is 0 Å². The van der Waals surface area contributed by atoms with Crippen molar-refractivity contribution in [2.75, 3.05) is 6.54 Å². The zero-order valence-electron chi connectivity index (χ0n) is 11.4. The molecular weight excluding hydrogens is 244 g/mol. The number of nitrogens with zero attached hydrogens (tertiary/aromatic N) is 2. The number of rotatable bonds is 5. The van der Waals surface area contributed by atoms with Gasteiger partial charge in [0.2, 0.25) is 11.8 Å². The van der Waals surface area contributed by atoms with Crippen LogP contribution in [0.15, 0.2) is 4.52 Å². The number of nitrogens with two attached hydrogens (primary N) is 1. The van der Waals surface area contributed by atoms with Crippen molar-refractivity contribution in [3.63, 3.8) is 0 Å². The second-order valence-electron chi connectivity index (χ2n) is 5.19. The Morgan fingerprint density at radius 1 is 1.47 bits per heavy atom. The van der Waals surface area contributed by atoms with Gasteiger partial charge in [0.1, 0.15) is 0 Å². The van der Waals surface area contributed by atoms with E-state index in [1.54, 1.807) is 6.92 Å². The monoisotopic (exact) mass is 266 g/mol. The SMILES string of the molecule is Cc1noc(CCC(=O)NC2CCCCC2CN)n1. The van der Waals surface area contributed by atoms with Crippen LogP contribution in [0.1, 0.15) is 43.8 Å². The predicted octanol–water partition coefficient (Wildman–Crippen LogP) is 0.944. The van der Waals surface area contributed by atoms with Gasteiger partial charge in [-0.15, -0.1) is 0 Å². The second-order valence-corrected chi connectivity index (χ2v) is 5.19. The lowest BCUT2D eigenvalue weighted by Gasteiger charge is -2.31. The Morgan fingerprint density at radius 2 is 2.26 bits per heavy atom. The van der Waals surface area contributed by atoms with Crippen molar-refractivity contribution in [2.45, 2.75) is 51.5 Å². The Kier molecular flexibility index (Phi) is 4.90. The van der Waals surface area contributed by atoms with Gasteiger partial charge in [0, 0.05) is 18.9 Å². The van der Waals surface area contributed by atoms with Gasteiger partial charge in [0.15, 0.2) is 5.82 Å². The first-order valence-electron chi connectivity index (χ1n) is 6.97. The summed E-state index contributed by atoms with van der Waals surface area (Å²) in [6.07, 6.45) is 5.42. The molecule has 2 rings (SSSR count). The van der Waals surface area contributed by atoms with Gasteiger partial charge in [-0.25, -0.2) is 0 Å². The fourth-order valence-corrected chi connectivity index (χ4v) is 2.62. The standard InChI is InChI=1S/C13H22N4O2/c1-9-15-13(19-17-9)7-6-12(18)16-11-5-3-2-4-10(11)8-14/h10-11H,2-8,14H2,1H3,(H,16,18). The third-order valence-electron chi connectivity index (χ3n) is 3.69. The minimum Gasteiger partial charge on any atom is -0.353 e. The number of hydrogen-bond donors (Lipinski definition) is 2. The van der Waals surface area contributed by atoms with Crippen LogP contribution in [0.25, 0.3) is 0 Å². The average molecular weight is 266 g/mol. The molecule has 19 heavy (non-hydrogen) atoms. The van der Waals surface area contributed by atoms with E-state index in [9.17, 15) is 4.79 Å². The van der Waals surface area contributed by atoms with Crippen molar-refractivity contribution in [3.05, 3.63) is 11.7 Å². The maximum absolute atomic E-state index is 11.9. The van der Waals surface area contributed by atoms with Gasteiger partial charge in [0.25, 0.3) is 0 Å². The Morgan fingerprint density at radius 3 is 2.95 bits per heavy atom. The lowest BCUT2D eigenvalue weighted by Crippen LogP contribution is -2.44. The Bertz CT molecular complexity index is 419. The van der Waals surface area contributed by atoms with E-state index in [1.165, 1.54) is 12.8 Å². The largest absolute Gasteiger partial charge is 0.353 e. The third-order valence-corrected chi connectivity index (χ3v) is 3.69. The molecule has 106 valence electrons. The van der Waals surface area contributed by atoms with Crippen molar-refractivity contribution in [1.29, 1.82) is 0 Å². The van der Waals surface area contributed by atoms with E-state index in [2.05, 4.69) is 15.5 Å². The maximum Gasteiger partial charge on any atom is 0.227 e. The molecule has 0 aliphatic heterocycles. The molecule has 0 bridgehead atoms. The van der Waals surface area contributed by atoms with Crippen LogP contribution in [0.3, 0.4) is 0 Å². The molecule has 1 aromatic rings. The van der Waals surface area contributed by atoms with E-state index in [0.717, 1.165) is 12.8 Å². The molecule has 0 spiro atoms. The van der Waals surface area contributed by atoms with Crippen LogP contribution in [0.4, 0.5) is 0 Å².